The van der Waals surface area contributed by atoms with Crippen molar-refractivity contribution >= 4 is 29.1 Å². The Hall–Kier alpha value is -0.540. The zero-order valence-corrected chi connectivity index (χ0v) is 11.1. The van der Waals surface area contributed by atoms with Gasteiger partial charge < -0.3 is 10.1 Å². The number of methoxy groups -OCH3 is 1. The Morgan fingerprint density at radius 3 is 2.94 bits per heavy atom. The summed E-state index contributed by atoms with van der Waals surface area (Å²) < 4.78 is 5.19. The van der Waals surface area contributed by atoms with Gasteiger partial charge in [-0.15, -0.1) is 0 Å². The average Bonchev–Trinajstić information content (AvgIpc) is 2.67. The summed E-state index contributed by atoms with van der Waals surface area (Å²) in [6, 6.07) is 6.22. The molecule has 4 heteroatoms. The van der Waals surface area contributed by atoms with Crippen LogP contribution in [0.1, 0.15) is 13.3 Å². The molecular weight excluding hydrogens is 242 g/mol. The van der Waals surface area contributed by atoms with Gasteiger partial charge in [-0.1, -0.05) is 18.5 Å². The van der Waals surface area contributed by atoms with Gasteiger partial charge >= 0.3 is 0 Å². The van der Waals surface area contributed by atoms with Crippen LogP contribution >= 0.6 is 23.4 Å². The van der Waals surface area contributed by atoms with E-state index in [-0.39, 0.29) is 0 Å². The molecule has 1 heterocycles. The summed E-state index contributed by atoms with van der Waals surface area (Å²) in [5.41, 5.74) is 0.973. The highest BCUT2D eigenvalue weighted by atomic mass is 35.5. The van der Waals surface area contributed by atoms with Gasteiger partial charge in [0.2, 0.25) is 0 Å². The smallest absolute Gasteiger partial charge is 0.121 e. The quantitative estimate of drug-likeness (QED) is 0.893. The van der Waals surface area contributed by atoms with Gasteiger partial charge in [0.05, 0.1) is 17.8 Å². The third kappa shape index (κ3) is 2.77. The molecule has 2 rings (SSSR count). The molecular formula is C12H16ClNOS. The first kappa shape index (κ1) is 11.9. The number of benzene rings is 1. The van der Waals surface area contributed by atoms with E-state index in [0.29, 0.717) is 6.04 Å². The fourth-order valence-corrected chi connectivity index (χ4v) is 3.20. The van der Waals surface area contributed by atoms with Crippen molar-refractivity contribution in [3.63, 3.8) is 0 Å². The average molecular weight is 258 g/mol. The van der Waals surface area contributed by atoms with E-state index >= 15 is 0 Å². The molecule has 1 aromatic rings. The summed E-state index contributed by atoms with van der Waals surface area (Å²) in [5.74, 6) is 1.99. The summed E-state index contributed by atoms with van der Waals surface area (Å²) >= 11 is 8.15. The molecule has 1 aliphatic heterocycles. The van der Waals surface area contributed by atoms with Gasteiger partial charge in [-0.05, 0) is 18.6 Å². The zero-order chi connectivity index (χ0) is 11.5. The van der Waals surface area contributed by atoms with Crippen molar-refractivity contribution in [3.8, 4) is 5.75 Å². The van der Waals surface area contributed by atoms with E-state index in [2.05, 4.69) is 12.2 Å². The molecule has 0 spiro atoms. The molecule has 1 aromatic carbocycles. The van der Waals surface area contributed by atoms with E-state index in [1.165, 1.54) is 6.42 Å². The first-order valence-electron chi connectivity index (χ1n) is 5.40. The SMILES string of the molecule is COc1ccc(Cl)c(NC2CSC(C)C2)c1. The maximum Gasteiger partial charge on any atom is 0.121 e. The molecule has 88 valence electrons. The predicted molar refractivity (Wildman–Crippen MR) is 72.0 cm³/mol. The molecule has 2 atom stereocenters. The van der Waals surface area contributed by atoms with Crippen LogP contribution in [0.25, 0.3) is 0 Å². The molecule has 1 N–H and O–H groups in total. The van der Waals surface area contributed by atoms with Crippen LogP contribution in [0.2, 0.25) is 5.02 Å². The first-order valence-corrected chi connectivity index (χ1v) is 6.83. The van der Waals surface area contributed by atoms with Crippen LogP contribution in [-0.4, -0.2) is 24.2 Å². The molecule has 2 nitrogen and oxygen atoms in total. The minimum absolute atomic E-state index is 0.518. The molecule has 1 aliphatic rings. The van der Waals surface area contributed by atoms with E-state index in [4.69, 9.17) is 16.3 Å². The summed E-state index contributed by atoms with van der Waals surface area (Å²) in [4.78, 5) is 0. The highest BCUT2D eigenvalue weighted by molar-refractivity contribution is 8.00. The Kier molecular flexibility index (Phi) is 3.87. The molecule has 0 bridgehead atoms. The largest absolute Gasteiger partial charge is 0.497 e. The standard InChI is InChI=1S/C12H16ClNOS/c1-8-5-9(7-16-8)14-12-6-10(15-2)3-4-11(12)13/h3-4,6,8-9,14H,5,7H2,1-2H3. The van der Waals surface area contributed by atoms with Crippen LogP contribution in [0.15, 0.2) is 18.2 Å². The molecule has 0 radical (unpaired) electrons. The number of hydrogen-bond donors (Lipinski definition) is 1. The monoisotopic (exact) mass is 257 g/mol. The Bertz CT molecular complexity index is 372. The van der Waals surface area contributed by atoms with E-state index in [1.807, 2.05) is 30.0 Å². The Labute approximate surface area is 106 Å². The minimum atomic E-state index is 0.518. The lowest BCUT2D eigenvalue weighted by Gasteiger charge is -2.15. The van der Waals surface area contributed by atoms with Crippen molar-refractivity contribution in [3.05, 3.63) is 23.2 Å². The second-order valence-corrected chi connectivity index (χ2v) is 5.95. The van der Waals surface area contributed by atoms with Crippen LogP contribution in [0.3, 0.4) is 0 Å². The lowest BCUT2D eigenvalue weighted by atomic mass is 10.2. The second kappa shape index (κ2) is 5.19. The molecule has 16 heavy (non-hydrogen) atoms. The Balaban J connectivity index is 2.08. The number of nitrogens with one attached hydrogen (secondary N) is 1. The van der Waals surface area contributed by atoms with E-state index in [1.54, 1.807) is 7.11 Å². The van der Waals surface area contributed by atoms with E-state index in [9.17, 15) is 0 Å². The predicted octanol–water partition coefficient (Wildman–Crippen LogP) is 3.65. The summed E-state index contributed by atoms with van der Waals surface area (Å²) in [7, 11) is 1.67. The number of thioether (sulfide) groups is 1. The van der Waals surface area contributed by atoms with Crippen molar-refractivity contribution in [2.75, 3.05) is 18.2 Å². The van der Waals surface area contributed by atoms with Crippen molar-refractivity contribution in [1.29, 1.82) is 0 Å². The van der Waals surface area contributed by atoms with Gasteiger partial charge in [-0.2, -0.15) is 11.8 Å². The zero-order valence-electron chi connectivity index (χ0n) is 9.50. The maximum absolute atomic E-state index is 6.14. The van der Waals surface area contributed by atoms with Gasteiger partial charge in [0, 0.05) is 23.1 Å². The fraction of sp³-hybridized carbons (Fsp3) is 0.500. The topological polar surface area (TPSA) is 21.3 Å². The van der Waals surface area contributed by atoms with Crippen molar-refractivity contribution in [1.82, 2.24) is 0 Å². The van der Waals surface area contributed by atoms with Gasteiger partial charge in [-0.3, -0.25) is 0 Å². The van der Waals surface area contributed by atoms with Gasteiger partial charge in [0.15, 0.2) is 0 Å². The molecule has 0 aliphatic carbocycles. The van der Waals surface area contributed by atoms with Crippen LogP contribution in [0.4, 0.5) is 5.69 Å². The minimum Gasteiger partial charge on any atom is -0.497 e. The lowest BCUT2D eigenvalue weighted by Crippen LogP contribution is -2.19. The highest BCUT2D eigenvalue weighted by Gasteiger charge is 2.22. The van der Waals surface area contributed by atoms with Crippen molar-refractivity contribution in [2.24, 2.45) is 0 Å². The summed E-state index contributed by atoms with van der Waals surface area (Å²) in [6.45, 7) is 2.26. The number of halogens is 1. The van der Waals surface area contributed by atoms with Crippen molar-refractivity contribution in [2.45, 2.75) is 24.6 Å². The van der Waals surface area contributed by atoms with Gasteiger partial charge in [0.25, 0.3) is 0 Å². The third-order valence-electron chi connectivity index (χ3n) is 2.73. The third-order valence-corrected chi connectivity index (χ3v) is 4.42. The maximum atomic E-state index is 6.14. The fourth-order valence-electron chi connectivity index (χ4n) is 1.88. The number of rotatable bonds is 3. The van der Waals surface area contributed by atoms with Crippen molar-refractivity contribution < 1.29 is 4.74 Å². The normalized spacial score (nSPS) is 24.4. The Morgan fingerprint density at radius 1 is 1.50 bits per heavy atom. The Morgan fingerprint density at radius 2 is 2.31 bits per heavy atom. The van der Waals surface area contributed by atoms with Crippen LogP contribution in [0, 0.1) is 0 Å². The highest BCUT2D eigenvalue weighted by Crippen LogP contribution is 2.32. The number of anilines is 1. The number of ether oxygens (including phenoxy) is 1. The molecule has 0 aromatic heterocycles. The molecule has 1 saturated heterocycles. The summed E-state index contributed by atoms with van der Waals surface area (Å²) in [5, 5.41) is 4.97. The molecule has 2 unspecified atom stereocenters. The van der Waals surface area contributed by atoms with Gasteiger partial charge in [-0.25, -0.2) is 0 Å². The van der Waals surface area contributed by atoms with E-state index in [0.717, 1.165) is 27.5 Å². The van der Waals surface area contributed by atoms with Crippen LogP contribution in [-0.2, 0) is 0 Å². The van der Waals surface area contributed by atoms with Crippen LogP contribution < -0.4 is 10.1 Å². The van der Waals surface area contributed by atoms with Crippen LogP contribution in [0.5, 0.6) is 5.75 Å². The summed E-state index contributed by atoms with van der Waals surface area (Å²) in [6.07, 6.45) is 1.19. The molecule has 0 saturated carbocycles. The number of hydrogen-bond acceptors (Lipinski definition) is 3. The lowest BCUT2D eigenvalue weighted by molar-refractivity contribution is 0.415. The van der Waals surface area contributed by atoms with Gasteiger partial charge in [0.1, 0.15) is 5.75 Å². The van der Waals surface area contributed by atoms with E-state index < -0.39 is 0 Å². The second-order valence-electron chi connectivity index (χ2n) is 4.07. The molecule has 1 fully saturated rings. The first-order chi connectivity index (χ1) is 7.69. The molecule has 0 amide bonds.